The summed E-state index contributed by atoms with van der Waals surface area (Å²) in [6.07, 6.45) is 3.08. The summed E-state index contributed by atoms with van der Waals surface area (Å²) in [4.78, 5) is 5.71. The molecular formula is C15H20N2S. The van der Waals surface area contributed by atoms with Crippen molar-refractivity contribution in [2.75, 3.05) is 13.6 Å². The zero-order valence-electron chi connectivity index (χ0n) is 11.2. The number of benzene rings is 1. The van der Waals surface area contributed by atoms with Gasteiger partial charge >= 0.3 is 0 Å². The fourth-order valence-electron chi connectivity index (χ4n) is 2.22. The van der Waals surface area contributed by atoms with Gasteiger partial charge in [-0.05, 0) is 32.9 Å². The topological polar surface area (TPSA) is 24.9 Å². The Morgan fingerprint density at radius 3 is 2.78 bits per heavy atom. The van der Waals surface area contributed by atoms with E-state index in [2.05, 4.69) is 48.4 Å². The van der Waals surface area contributed by atoms with E-state index in [0.29, 0.717) is 5.92 Å². The third kappa shape index (κ3) is 3.40. The Kier molecular flexibility index (Phi) is 4.50. The van der Waals surface area contributed by atoms with Gasteiger partial charge in [-0.25, -0.2) is 4.98 Å². The van der Waals surface area contributed by atoms with E-state index in [-0.39, 0.29) is 0 Å². The number of likely N-dealkylation sites (N-methyl/N-ethyl adjacent to an activating group) is 1. The Morgan fingerprint density at radius 1 is 1.33 bits per heavy atom. The summed E-state index contributed by atoms with van der Waals surface area (Å²) in [5, 5.41) is 4.45. The molecule has 3 heteroatoms. The number of nitrogens with zero attached hydrogens (tertiary/aromatic N) is 1. The summed E-state index contributed by atoms with van der Waals surface area (Å²) >= 11 is 1.80. The number of hydrogen-bond acceptors (Lipinski definition) is 3. The van der Waals surface area contributed by atoms with Crippen molar-refractivity contribution >= 4 is 11.3 Å². The highest BCUT2D eigenvalue weighted by Crippen LogP contribution is 2.24. The highest BCUT2D eigenvalue weighted by molar-refractivity contribution is 7.11. The van der Waals surface area contributed by atoms with Gasteiger partial charge in [0.25, 0.3) is 0 Å². The fraction of sp³-hybridized carbons (Fsp3) is 0.400. The Hall–Kier alpha value is -1.19. The molecule has 0 fully saturated rings. The van der Waals surface area contributed by atoms with E-state index in [1.807, 2.05) is 13.2 Å². The van der Waals surface area contributed by atoms with Crippen molar-refractivity contribution in [2.45, 2.75) is 26.2 Å². The molecule has 2 nitrogen and oxygen atoms in total. The van der Waals surface area contributed by atoms with Crippen LogP contribution < -0.4 is 5.32 Å². The molecule has 18 heavy (non-hydrogen) atoms. The van der Waals surface area contributed by atoms with Gasteiger partial charge in [0.2, 0.25) is 0 Å². The molecule has 0 saturated heterocycles. The highest BCUT2D eigenvalue weighted by atomic mass is 32.1. The molecule has 96 valence electrons. The SMILES string of the molecule is CNCC(Cc1cnc(C)s1)c1cccc(C)c1. The summed E-state index contributed by atoms with van der Waals surface area (Å²) in [5.41, 5.74) is 2.74. The van der Waals surface area contributed by atoms with E-state index in [1.165, 1.54) is 16.0 Å². The third-order valence-electron chi connectivity index (χ3n) is 3.08. The molecule has 2 aromatic rings. The molecule has 0 radical (unpaired) electrons. The molecule has 0 aliphatic carbocycles. The van der Waals surface area contributed by atoms with Crippen LogP contribution in [0.15, 0.2) is 30.5 Å². The minimum atomic E-state index is 0.523. The van der Waals surface area contributed by atoms with Gasteiger partial charge < -0.3 is 5.32 Å². The van der Waals surface area contributed by atoms with Gasteiger partial charge in [0, 0.05) is 23.5 Å². The van der Waals surface area contributed by atoms with Crippen LogP contribution in [0.3, 0.4) is 0 Å². The van der Waals surface area contributed by atoms with E-state index >= 15 is 0 Å². The van der Waals surface area contributed by atoms with E-state index in [0.717, 1.165) is 18.0 Å². The minimum absolute atomic E-state index is 0.523. The van der Waals surface area contributed by atoms with Crippen LogP contribution in [0, 0.1) is 13.8 Å². The minimum Gasteiger partial charge on any atom is -0.319 e. The van der Waals surface area contributed by atoms with Crippen molar-refractivity contribution in [1.29, 1.82) is 0 Å². The molecule has 0 saturated carbocycles. The molecule has 0 amide bonds. The normalized spacial score (nSPS) is 12.6. The maximum Gasteiger partial charge on any atom is 0.0896 e. The lowest BCUT2D eigenvalue weighted by molar-refractivity contribution is 0.629. The zero-order chi connectivity index (χ0) is 13.0. The molecule has 1 N–H and O–H groups in total. The van der Waals surface area contributed by atoms with Crippen LogP contribution in [-0.2, 0) is 6.42 Å². The summed E-state index contributed by atoms with van der Waals surface area (Å²) < 4.78 is 0. The van der Waals surface area contributed by atoms with Crippen LogP contribution in [0.1, 0.15) is 26.9 Å². The standard InChI is InChI=1S/C15H20N2S/c1-11-5-4-6-13(7-11)14(9-16-3)8-15-10-17-12(2)18-15/h4-7,10,14,16H,8-9H2,1-3H3. The first-order valence-corrected chi connectivity index (χ1v) is 7.13. The van der Waals surface area contributed by atoms with Crippen molar-refractivity contribution < 1.29 is 0 Å². The molecule has 1 unspecified atom stereocenters. The Labute approximate surface area is 113 Å². The second kappa shape index (κ2) is 6.12. The third-order valence-corrected chi connectivity index (χ3v) is 4.02. The molecule has 0 aliphatic rings. The van der Waals surface area contributed by atoms with Crippen LogP contribution >= 0.6 is 11.3 Å². The molecule has 0 aliphatic heterocycles. The molecule has 1 atom stereocenters. The van der Waals surface area contributed by atoms with E-state index in [1.54, 1.807) is 11.3 Å². The molecule has 0 spiro atoms. The van der Waals surface area contributed by atoms with Crippen molar-refractivity contribution in [3.63, 3.8) is 0 Å². The van der Waals surface area contributed by atoms with Crippen LogP contribution in [0.4, 0.5) is 0 Å². The molecule has 1 aromatic heterocycles. The smallest absolute Gasteiger partial charge is 0.0896 e. The number of aromatic nitrogens is 1. The van der Waals surface area contributed by atoms with Crippen molar-refractivity contribution in [3.05, 3.63) is 51.5 Å². The monoisotopic (exact) mass is 260 g/mol. The predicted molar refractivity (Wildman–Crippen MR) is 78.4 cm³/mol. The second-order valence-electron chi connectivity index (χ2n) is 4.72. The first-order valence-electron chi connectivity index (χ1n) is 6.31. The lowest BCUT2D eigenvalue weighted by atomic mass is 9.94. The first kappa shape index (κ1) is 13.2. The van der Waals surface area contributed by atoms with Crippen LogP contribution in [0.25, 0.3) is 0 Å². The molecule has 1 heterocycles. The van der Waals surface area contributed by atoms with E-state index in [9.17, 15) is 0 Å². The second-order valence-corrected chi connectivity index (χ2v) is 6.04. The van der Waals surface area contributed by atoms with E-state index in [4.69, 9.17) is 0 Å². The zero-order valence-corrected chi connectivity index (χ0v) is 12.1. The maximum absolute atomic E-state index is 4.34. The van der Waals surface area contributed by atoms with Crippen molar-refractivity contribution in [1.82, 2.24) is 10.3 Å². The van der Waals surface area contributed by atoms with Gasteiger partial charge in [0.05, 0.1) is 5.01 Å². The van der Waals surface area contributed by atoms with Crippen LogP contribution in [-0.4, -0.2) is 18.6 Å². The Bertz CT molecular complexity index is 505. The van der Waals surface area contributed by atoms with Crippen LogP contribution in [0.5, 0.6) is 0 Å². The number of hydrogen-bond donors (Lipinski definition) is 1. The van der Waals surface area contributed by atoms with Gasteiger partial charge in [-0.3, -0.25) is 0 Å². The first-order chi connectivity index (χ1) is 8.69. The summed E-state index contributed by atoms with van der Waals surface area (Å²) in [7, 11) is 2.01. The van der Waals surface area contributed by atoms with E-state index < -0.39 is 0 Å². The van der Waals surface area contributed by atoms with Crippen LogP contribution in [0.2, 0.25) is 0 Å². The van der Waals surface area contributed by atoms with Gasteiger partial charge in [0.1, 0.15) is 0 Å². The quantitative estimate of drug-likeness (QED) is 0.892. The van der Waals surface area contributed by atoms with Crippen molar-refractivity contribution in [2.24, 2.45) is 0 Å². The summed E-state index contributed by atoms with van der Waals surface area (Å²) in [6.45, 7) is 5.21. The maximum atomic E-state index is 4.34. The van der Waals surface area contributed by atoms with Crippen molar-refractivity contribution in [3.8, 4) is 0 Å². The van der Waals surface area contributed by atoms with Gasteiger partial charge in [-0.1, -0.05) is 29.8 Å². The van der Waals surface area contributed by atoms with Gasteiger partial charge in [0.15, 0.2) is 0 Å². The number of rotatable bonds is 5. The van der Waals surface area contributed by atoms with Gasteiger partial charge in [-0.2, -0.15) is 0 Å². The average molecular weight is 260 g/mol. The van der Waals surface area contributed by atoms with Gasteiger partial charge in [-0.15, -0.1) is 11.3 Å². The molecule has 2 rings (SSSR count). The molecular weight excluding hydrogens is 240 g/mol. The molecule has 0 bridgehead atoms. The largest absolute Gasteiger partial charge is 0.319 e. The lowest BCUT2D eigenvalue weighted by Crippen LogP contribution is -2.19. The Balaban J connectivity index is 2.17. The lowest BCUT2D eigenvalue weighted by Gasteiger charge is -2.16. The highest BCUT2D eigenvalue weighted by Gasteiger charge is 2.13. The Morgan fingerprint density at radius 2 is 2.17 bits per heavy atom. The number of aryl methyl sites for hydroxylation is 2. The fourth-order valence-corrected chi connectivity index (χ4v) is 3.10. The number of thiazole rings is 1. The predicted octanol–water partition coefficient (Wildman–Crippen LogP) is 3.31. The summed E-state index contributed by atoms with van der Waals surface area (Å²) in [5.74, 6) is 0.523. The number of nitrogens with one attached hydrogen (secondary N) is 1. The average Bonchev–Trinajstić information content (AvgIpc) is 2.74. The molecule has 1 aromatic carbocycles. The summed E-state index contributed by atoms with van der Waals surface area (Å²) in [6, 6.07) is 8.81.